The normalized spacial score (nSPS) is 12.8. The second kappa shape index (κ2) is 17.2. The Hall–Kier alpha value is -5.40. The van der Waals surface area contributed by atoms with E-state index in [1.807, 2.05) is 11.6 Å². The van der Waals surface area contributed by atoms with Crippen molar-refractivity contribution in [3.05, 3.63) is 71.1 Å². The highest BCUT2D eigenvalue weighted by Gasteiger charge is 2.35. The maximum absolute atomic E-state index is 13.5. The van der Waals surface area contributed by atoms with Crippen molar-refractivity contribution < 1.29 is 60.0 Å². The minimum atomic E-state index is -4.73. The zero-order valence-electron chi connectivity index (χ0n) is 29.2. The number of carbonyl (C=O) groups is 3. The Morgan fingerprint density at radius 1 is 1.04 bits per heavy atom. The molecule has 1 unspecified atom stereocenters. The molecule has 0 aliphatic carbocycles. The molecule has 1 heterocycles. The highest BCUT2D eigenvalue weighted by Crippen LogP contribution is 2.33. The van der Waals surface area contributed by atoms with E-state index in [9.17, 15) is 41.2 Å². The lowest BCUT2D eigenvalue weighted by Crippen LogP contribution is -2.47. The smallest absolute Gasteiger partial charge is 0.511 e. The lowest BCUT2D eigenvalue weighted by atomic mass is 10.1. The van der Waals surface area contributed by atoms with Gasteiger partial charge in [-0.05, 0) is 65.0 Å². The van der Waals surface area contributed by atoms with E-state index in [0.717, 1.165) is 33.5 Å². The summed E-state index contributed by atoms with van der Waals surface area (Å²) in [6, 6.07) is 12.3. The van der Waals surface area contributed by atoms with Crippen LogP contribution in [0.4, 0.5) is 18.0 Å². The highest BCUT2D eigenvalue weighted by molar-refractivity contribution is 7.90. The van der Waals surface area contributed by atoms with Crippen molar-refractivity contribution in [2.45, 2.75) is 77.3 Å². The Kier molecular flexibility index (Phi) is 13.6. The third-order valence-electron chi connectivity index (χ3n) is 6.88. The summed E-state index contributed by atoms with van der Waals surface area (Å²) in [6.45, 7) is 9.26. The van der Waals surface area contributed by atoms with Crippen molar-refractivity contribution in [3.8, 4) is 16.9 Å². The molecule has 1 amide bonds. The minimum absolute atomic E-state index is 0.0670. The highest BCUT2D eigenvalue weighted by atomic mass is 32.2. The van der Waals surface area contributed by atoms with Gasteiger partial charge in [-0.15, -0.1) is 5.01 Å². The lowest BCUT2D eigenvalue weighted by Gasteiger charge is -2.30. The molecule has 52 heavy (non-hydrogen) atoms. The Bertz CT molecular complexity index is 1840. The molecule has 2 aromatic carbocycles. The lowest BCUT2D eigenvalue weighted by molar-refractivity contribution is -0.727. The van der Waals surface area contributed by atoms with Gasteiger partial charge in [0.2, 0.25) is 11.2 Å². The summed E-state index contributed by atoms with van der Waals surface area (Å²) in [5.74, 6) is -1.89. The van der Waals surface area contributed by atoms with Crippen LogP contribution >= 0.6 is 0 Å². The van der Waals surface area contributed by atoms with Crippen molar-refractivity contribution in [3.63, 3.8) is 0 Å². The van der Waals surface area contributed by atoms with Crippen molar-refractivity contribution in [1.82, 2.24) is 19.5 Å². The number of alkyl halides is 3. The van der Waals surface area contributed by atoms with E-state index in [2.05, 4.69) is 15.1 Å². The summed E-state index contributed by atoms with van der Waals surface area (Å²) in [4.78, 5) is 40.7. The van der Waals surface area contributed by atoms with Gasteiger partial charge in [0.1, 0.15) is 13.2 Å². The fraction of sp³-hybridized carbons (Fsp3) is 0.438. The zero-order valence-corrected chi connectivity index (χ0v) is 30.0. The van der Waals surface area contributed by atoms with Crippen LogP contribution in [0, 0.1) is 12.1 Å². The standard InChI is InChI=1S/C32H39F3N6O10S/c1-7-48-30(44)50-22(3)51-38-41(45)39(31(4,5)6)18-19-49-29(43)17-16-28(42)37-52(46,47)25-14-12-24(13-15-25)40-26(20-27(36-40)32(33,34)35)23-10-8-21(2)9-11-23/h8-15,20,22H,7,16-19H2,1-6H3,(H,37,42). The number of ether oxygens (including phenoxy) is 3. The molecule has 1 N–H and O–H groups in total. The Morgan fingerprint density at radius 3 is 2.25 bits per heavy atom. The molecule has 3 rings (SSSR count). The summed E-state index contributed by atoms with van der Waals surface area (Å²) in [7, 11) is -4.43. The molecule has 3 aromatic rings. The second-order valence-corrected chi connectivity index (χ2v) is 13.7. The summed E-state index contributed by atoms with van der Waals surface area (Å²) in [6.07, 6.45) is -8.07. The summed E-state index contributed by atoms with van der Waals surface area (Å²) < 4.78 is 83.6. The van der Waals surface area contributed by atoms with Crippen molar-refractivity contribution in [2.24, 2.45) is 5.28 Å². The SMILES string of the molecule is CCOC(=O)OC(C)ON=[N+]([O-])N(CCOC(=O)CCC(=O)NS(=O)(=O)c1ccc(-n2nc(C(F)(F)F)cc2-c2ccc(C)cc2)cc1)C(C)(C)C. The first kappa shape index (κ1) is 41.0. The fourth-order valence-corrected chi connectivity index (χ4v) is 5.36. The number of hydrazine groups is 1. The molecule has 1 atom stereocenters. The third kappa shape index (κ3) is 11.8. The zero-order chi connectivity index (χ0) is 38.9. The number of aryl methyl sites for hydroxylation is 1. The van der Waals surface area contributed by atoms with Crippen LogP contribution in [0.5, 0.6) is 0 Å². The number of nitrogens with zero attached hydrogens (tertiary/aromatic N) is 5. The Balaban J connectivity index is 1.57. The molecule has 284 valence electrons. The summed E-state index contributed by atoms with van der Waals surface area (Å²) in [5, 5.41) is 20.7. The maximum atomic E-state index is 13.5. The van der Waals surface area contributed by atoms with Crippen molar-refractivity contribution in [2.75, 3.05) is 19.8 Å². The van der Waals surface area contributed by atoms with Crippen LogP contribution in [0.1, 0.15) is 58.7 Å². The number of hydrogen-bond acceptors (Lipinski definition) is 12. The number of aromatic nitrogens is 2. The van der Waals surface area contributed by atoms with E-state index in [4.69, 9.17) is 14.3 Å². The first-order chi connectivity index (χ1) is 24.2. The average Bonchev–Trinajstić information content (AvgIpc) is 3.51. The second-order valence-electron chi connectivity index (χ2n) is 12.0. The van der Waals surface area contributed by atoms with Gasteiger partial charge in [0.25, 0.3) is 16.3 Å². The molecule has 16 nitrogen and oxygen atoms in total. The van der Waals surface area contributed by atoms with Crippen LogP contribution in [-0.2, 0) is 44.8 Å². The number of halogens is 3. The van der Waals surface area contributed by atoms with Gasteiger partial charge >= 0.3 is 18.3 Å². The number of hydrogen-bond donors (Lipinski definition) is 1. The first-order valence-electron chi connectivity index (χ1n) is 15.7. The topological polar surface area (TPSA) is 194 Å². The molecular weight excluding hydrogens is 717 g/mol. The van der Waals surface area contributed by atoms with E-state index in [1.165, 1.54) is 19.1 Å². The van der Waals surface area contributed by atoms with Gasteiger partial charge in [-0.1, -0.05) is 29.8 Å². The molecule has 0 aliphatic heterocycles. The number of nitrogens with one attached hydrogen (secondary N) is 1. The van der Waals surface area contributed by atoms with Crippen LogP contribution in [0.25, 0.3) is 16.9 Å². The van der Waals surface area contributed by atoms with Crippen LogP contribution in [0.3, 0.4) is 0 Å². The third-order valence-corrected chi connectivity index (χ3v) is 8.27. The van der Waals surface area contributed by atoms with E-state index in [1.54, 1.807) is 52.0 Å². The largest absolute Gasteiger partial charge is 0.569 e. The van der Waals surface area contributed by atoms with Gasteiger partial charge in [-0.2, -0.15) is 18.3 Å². The van der Waals surface area contributed by atoms with Crippen molar-refractivity contribution in [1.29, 1.82) is 0 Å². The van der Waals surface area contributed by atoms with Gasteiger partial charge in [0.05, 0.1) is 39.8 Å². The van der Waals surface area contributed by atoms with Gasteiger partial charge in [0, 0.05) is 18.9 Å². The van der Waals surface area contributed by atoms with Gasteiger partial charge in [-0.3, -0.25) is 14.4 Å². The molecule has 0 saturated heterocycles. The van der Waals surface area contributed by atoms with E-state index in [0.29, 0.717) is 5.56 Å². The molecule has 0 radical (unpaired) electrons. The quantitative estimate of drug-likeness (QED) is 0.0681. The maximum Gasteiger partial charge on any atom is 0.511 e. The average molecular weight is 757 g/mol. The number of carbonyl (C=O) groups excluding carboxylic acids is 3. The van der Waals surface area contributed by atoms with Crippen LogP contribution in [0.15, 0.2) is 64.8 Å². The van der Waals surface area contributed by atoms with E-state index in [-0.39, 0.29) is 41.0 Å². The summed E-state index contributed by atoms with van der Waals surface area (Å²) >= 11 is 0. The molecule has 0 bridgehead atoms. The van der Waals surface area contributed by atoms with Gasteiger partial charge < -0.3 is 19.4 Å². The minimum Gasteiger partial charge on any atom is -0.569 e. The molecule has 0 fully saturated rings. The van der Waals surface area contributed by atoms with Crippen molar-refractivity contribution >= 4 is 28.1 Å². The number of amides is 1. The molecule has 20 heteroatoms. The van der Waals surface area contributed by atoms with E-state index >= 15 is 0 Å². The number of esters is 1. The first-order valence-corrected chi connectivity index (χ1v) is 17.2. The molecular formula is C32H39F3N6O10S. The number of sulfonamides is 1. The Labute approximate surface area is 297 Å². The molecule has 0 saturated carbocycles. The fourth-order valence-electron chi connectivity index (χ4n) is 4.34. The molecule has 0 aliphatic rings. The number of rotatable bonds is 15. The van der Waals surface area contributed by atoms with Gasteiger partial charge in [0.15, 0.2) is 5.69 Å². The van der Waals surface area contributed by atoms with E-state index < -0.39 is 64.6 Å². The summed E-state index contributed by atoms with van der Waals surface area (Å²) in [5.41, 5.74) is -0.388. The Morgan fingerprint density at radius 2 is 1.67 bits per heavy atom. The number of benzene rings is 2. The van der Waals surface area contributed by atoms with Gasteiger partial charge in [-0.25, -0.2) is 22.6 Å². The molecule has 1 aromatic heterocycles. The predicted octanol–water partition coefficient (Wildman–Crippen LogP) is 5.42. The van der Waals surface area contributed by atoms with Crippen LogP contribution in [0.2, 0.25) is 0 Å². The van der Waals surface area contributed by atoms with Crippen LogP contribution in [-0.4, -0.2) is 77.8 Å². The molecule has 0 spiro atoms. The van der Waals surface area contributed by atoms with Crippen LogP contribution < -0.4 is 4.72 Å². The monoisotopic (exact) mass is 756 g/mol. The predicted molar refractivity (Wildman–Crippen MR) is 175 cm³/mol.